The maximum atomic E-state index is 13.5. The zero-order valence-corrected chi connectivity index (χ0v) is 26.4. The molecule has 2 amide bonds. The number of carbonyl (C=O) groups excluding carboxylic acids is 4. The number of aromatic hydroxyl groups is 1. The fourth-order valence-corrected chi connectivity index (χ4v) is 5.04. The van der Waals surface area contributed by atoms with Crippen LogP contribution in [0.5, 0.6) is 11.5 Å². The molecule has 0 saturated carbocycles. The van der Waals surface area contributed by atoms with Crippen molar-refractivity contribution < 1.29 is 43.4 Å². The lowest BCUT2D eigenvalue weighted by molar-refractivity contribution is -0.384. The smallest absolute Gasteiger partial charge is 0.336 e. The number of rotatable bonds is 13. The van der Waals surface area contributed by atoms with Crippen LogP contribution in [-0.2, 0) is 23.9 Å². The molecule has 4 N–H and O–H groups in total. The van der Waals surface area contributed by atoms with Crippen LogP contribution in [0, 0.1) is 10.1 Å². The van der Waals surface area contributed by atoms with Crippen LogP contribution in [0.4, 0.5) is 11.4 Å². The van der Waals surface area contributed by atoms with Crippen molar-refractivity contribution in [2.24, 2.45) is 0 Å². The number of phenols is 1. The highest BCUT2D eigenvalue weighted by Gasteiger charge is 2.38. The van der Waals surface area contributed by atoms with Crippen molar-refractivity contribution in [1.29, 1.82) is 0 Å². The van der Waals surface area contributed by atoms with Crippen LogP contribution in [0.25, 0.3) is 0 Å². The first kappa shape index (κ1) is 34.7. The molecular formula is C34H34N4O10. The first-order chi connectivity index (χ1) is 23.0. The van der Waals surface area contributed by atoms with Crippen molar-refractivity contribution in [2.75, 3.05) is 31.7 Å². The summed E-state index contributed by atoms with van der Waals surface area (Å²) in [5, 5.41) is 29.7. The highest BCUT2D eigenvalue weighted by atomic mass is 16.6. The lowest BCUT2D eigenvalue weighted by Crippen LogP contribution is -2.34. The number of hydrogen-bond donors (Lipinski definition) is 4. The highest BCUT2D eigenvalue weighted by molar-refractivity contribution is 6.00. The molecule has 250 valence electrons. The van der Waals surface area contributed by atoms with Crippen molar-refractivity contribution >= 4 is 35.1 Å². The van der Waals surface area contributed by atoms with Crippen molar-refractivity contribution in [1.82, 2.24) is 10.6 Å². The summed E-state index contributed by atoms with van der Waals surface area (Å²) in [7, 11) is 0. The first-order valence-electron chi connectivity index (χ1n) is 14.8. The Morgan fingerprint density at radius 1 is 0.875 bits per heavy atom. The molecule has 0 radical (unpaired) electrons. The summed E-state index contributed by atoms with van der Waals surface area (Å²) in [4.78, 5) is 61.7. The van der Waals surface area contributed by atoms with Crippen molar-refractivity contribution in [3.05, 3.63) is 117 Å². The molecule has 0 saturated heterocycles. The van der Waals surface area contributed by atoms with Gasteiger partial charge < -0.3 is 35.3 Å². The largest absolute Gasteiger partial charge is 0.507 e. The van der Waals surface area contributed by atoms with E-state index in [1.54, 1.807) is 56.3 Å². The van der Waals surface area contributed by atoms with Gasteiger partial charge >= 0.3 is 11.9 Å². The van der Waals surface area contributed by atoms with Crippen molar-refractivity contribution in [2.45, 2.75) is 26.7 Å². The number of benzene rings is 3. The molecule has 0 spiro atoms. The molecule has 1 aliphatic rings. The van der Waals surface area contributed by atoms with Crippen LogP contribution in [0.15, 0.2) is 95.3 Å². The SMILES string of the molecule is CC(=O)Nc1ccc(OCCOC(=O)C2=C(C)NC(C)=C(C(=O)OCCNC(=O)c3ccccc3O)[C@H]2c2cccc([N+](=O)[O-])c2)cc1. The minimum Gasteiger partial charge on any atom is -0.507 e. The van der Waals surface area contributed by atoms with Crippen LogP contribution in [0.1, 0.15) is 42.6 Å². The van der Waals surface area contributed by atoms with E-state index in [4.69, 9.17) is 14.2 Å². The van der Waals surface area contributed by atoms with Crippen LogP contribution in [-0.4, -0.2) is 60.1 Å². The maximum absolute atomic E-state index is 13.5. The molecule has 3 aromatic carbocycles. The summed E-state index contributed by atoms with van der Waals surface area (Å²) in [5.74, 6) is -3.20. The Morgan fingerprint density at radius 2 is 1.52 bits per heavy atom. The van der Waals surface area contributed by atoms with Gasteiger partial charge in [0, 0.05) is 36.1 Å². The number of hydrogen-bond acceptors (Lipinski definition) is 11. The normalized spacial score (nSPS) is 14.0. The van der Waals surface area contributed by atoms with Crippen molar-refractivity contribution in [3.8, 4) is 11.5 Å². The van der Waals surface area contributed by atoms with Crippen LogP contribution in [0.2, 0.25) is 0 Å². The molecule has 0 fully saturated rings. The molecular weight excluding hydrogens is 624 g/mol. The Labute approximate surface area is 275 Å². The van der Waals surface area contributed by atoms with Gasteiger partial charge in [0.1, 0.15) is 31.3 Å². The van der Waals surface area contributed by atoms with Gasteiger partial charge in [-0.3, -0.25) is 19.7 Å². The summed E-state index contributed by atoms with van der Waals surface area (Å²) in [6.45, 7) is 4.12. The number of amides is 2. The van der Waals surface area contributed by atoms with Gasteiger partial charge in [-0.1, -0.05) is 24.3 Å². The Hall–Kier alpha value is -6.18. The highest BCUT2D eigenvalue weighted by Crippen LogP contribution is 2.40. The third-order valence-electron chi connectivity index (χ3n) is 7.14. The van der Waals surface area contributed by atoms with E-state index < -0.39 is 28.7 Å². The van der Waals surface area contributed by atoms with E-state index in [-0.39, 0.29) is 66.0 Å². The third kappa shape index (κ3) is 8.75. The number of anilines is 1. The lowest BCUT2D eigenvalue weighted by atomic mass is 9.80. The Bertz CT molecular complexity index is 1780. The standard InChI is InChI=1S/C34H34N4O10/c1-20-29(33(42)47-16-15-35-32(41)27-9-4-5-10-28(27)40)31(23-7-6-8-25(19-23)38(44)45)30(21(2)36-20)34(43)48-18-17-46-26-13-11-24(12-14-26)37-22(3)39/h4-14,19,31,36,40H,15-18H2,1-3H3,(H,35,41)(H,37,39)/t31-/m1/s1. The van der Waals surface area contributed by atoms with Gasteiger partial charge in [0.25, 0.3) is 11.6 Å². The molecule has 1 heterocycles. The summed E-state index contributed by atoms with van der Waals surface area (Å²) in [6, 6.07) is 18.2. The number of ether oxygens (including phenoxy) is 3. The molecule has 1 aliphatic heterocycles. The van der Waals surface area contributed by atoms with E-state index in [1.807, 2.05) is 0 Å². The first-order valence-corrected chi connectivity index (χ1v) is 14.8. The number of nitro groups is 1. The summed E-state index contributed by atoms with van der Waals surface area (Å²) in [6.07, 6.45) is 0. The number of dihydropyridines is 1. The molecule has 3 aromatic rings. The fourth-order valence-electron chi connectivity index (χ4n) is 5.04. The Morgan fingerprint density at radius 3 is 2.15 bits per heavy atom. The maximum Gasteiger partial charge on any atom is 0.336 e. The second-order valence-electron chi connectivity index (χ2n) is 10.6. The summed E-state index contributed by atoms with van der Waals surface area (Å²) < 4.78 is 16.6. The minimum atomic E-state index is -1.09. The number of carbonyl (C=O) groups is 4. The third-order valence-corrected chi connectivity index (χ3v) is 7.14. The fraction of sp³-hybridized carbons (Fsp3) is 0.235. The van der Waals surface area contributed by atoms with E-state index in [0.717, 1.165) is 0 Å². The van der Waals surface area contributed by atoms with E-state index >= 15 is 0 Å². The van der Waals surface area contributed by atoms with Gasteiger partial charge in [-0.15, -0.1) is 0 Å². The molecule has 48 heavy (non-hydrogen) atoms. The molecule has 0 bridgehead atoms. The van der Waals surface area contributed by atoms with Crippen molar-refractivity contribution in [3.63, 3.8) is 0 Å². The number of phenolic OH excluding ortho intramolecular Hbond substituents is 1. The van der Waals surface area contributed by atoms with E-state index in [0.29, 0.717) is 22.8 Å². The number of nitrogens with one attached hydrogen (secondary N) is 3. The zero-order valence-electron chi connectivity index (χ0n) is 26.4. The number of allylic oxidation sites excluding steroid dienone is 2. The second-order valence-corrected chi connectivity index (χ2v) is 10.6. The number of nitrogens with zero attached hydrogens (tertiary/aromatic N) is 1. The number of nitro benzene ring substituents is 1. The predicted molar refractivity (Wildman–Crippen MR) is 173 cm³/mol. The summed E-state index contributed by atoms with van der Waals surface area (Å²) in [5.41, 5.74) is 1.48. The molecule has 0 aromatic heterocycles. The molecule has 14 nitrogen and oxygen atoms in total. The summed E-state index contributed by atoms with van der Waals surface area (Å²) >= 11 is 0. The van der Waals surface area contributed by atoms with Crippen LogP contribution in [0.3, 0.4) is 0 Å². The van der Waals surface area contributed by atoms with Gasteiger partial charge in [-0.25, -0.2) is 9.59 Å². The van der Waals surface area contributed by atoms with Gasteiger partial charge in [0.2, 0.25) is 5.91 Å². The van der Waals surface area contributed by atoms with E-state index in [2.05, 4.69) is 16.0 Å². The number of para-hydroxylation sites is 1. The second kappa shape index (κ2) is 15.9. The van der Waals surface area contributed by atoms with Gasteiger partial charge in [-0.05, 0) is 55.8 Å². The monoisotopic (exact) mass is 658 g/mol. The predicted octanol–water partition coefficient (Wildman–Crippen LogP) is 4.09. The zero-order chi connectivity index (χ0) is 34.8. The van der Waals surface area contributed by atoms with Crippen LogP contribution >= 0.6 is 0 Å². The van der Waals surface area contributed by atoms with E-state index in [9.17, 15) is 34.4 Å². The average Bonchev–Trinajstić information content (AvgIpc) is 3.05. The van der Waals surface area contributed by atoms with Gasteiger partial charge in [-0.2, -0.15) is 0 Å². The Balaban J connectivity index is 1.48. The van der Waals surface area contributed by atoms with Crippen LogP contribution < -0.4 is 20.7 Å². The number of esters is 2. The molecule has 0 aliphatic carbocycles. The number of non-ortho nitro benzene ring substituents is 1. The minimum absolute atomic E-state index is 0.0112. The topological polar surface area (TPSA) is 195 Å². The average molecular weight is 659 g/mol. The molecule has 0 unspecified atom stereocenters. The van der Waals surface area contributed by atoms with Gasteiger partial charge in [0.05, 0.1) is 34.1 Å². The molecule has 4 rings (SSSR count). The Kier molecular flexibility index (Phi) is 11.5. The van der Waals surface area contributed by atoms with Gasteiger partial charge in [0.15, 0.2) is 0 Å². The lowest BCUT2D eigenvalue weighted by Gasteiger charge is -2.30. The quantitative estimate of drug-likeness (QED) is 0.0894. The van der Waals surface area contributed by atoms with E-state index in [1.165, 1.54) is 37.3 Å². The molecule has 14 heteroatoms. The molecule has 1 atom stereocenters.